The molecule has 0 unspecified atom stereocenters. The van der Waals surface area contributed by atoms with Gasteiger partial charge in [0.15, 0.2) is 0 Å². The summed E-state index contributed by atoms with van der Waals surface area (Å²) in [7, 11) is 0. The van der Waals surface area contributed by atoms with Crippen LogP contribution in [-0.2, 0) is 4.79 Å². The number of hydrogen-bond acceptors (Lipinski definition) is 2. The molecule has 0 aliphatic carbocycles. The first-order chi connectivity index (χ1) is 8.16. The zero-order valence-corrected chi connectivity index (χ0v) is 11.5. The highest BCUT2D eigenvalue weighted by molar-refractivity contribution is 9.10. The largest absolute Gasteiger partial charge is 0.324 e. The lowest BCUT2D eigenvalue weighted by molar-refractivity contribution is -0.118. The molecule has 1 heterocycles. The lowest BCUT2D eigenvalue weighted by Gasteiger charge is -2.22. The van der Waals surface area contributed by atoms with Crippen LogP contribution in [0.3, 0.4) is 0 Å². The van der Waals surface area contributed by atoms with Crippen LogP contribution in [0.5, 0.6) is 0 Å². The lowest BCUT2D eigenvalue weighted by Crippen LogP contribution is -2.43. The highest BCUT2D eigenvalue weighted by atomic mass is 79.9. The number of carbonyl (C=O) groups excluding carboxylic acids is 1. The smallest absolute Gasteiger partial charge is 0.241 e. The Morgan fingerprint density at radius 1 is 1.47 bits per heavy atom. The maximum Gasteiger partial charge on any atom is 0.241 e. The second-order valence-electron chi connectivity index (χ2n) is 4.48. The molecule has 0 bridgehead atoms. The molecule has 1 atom stereocenters. The van der Waals surface area contributed by atoms with Crippen molar-refractivity contribution in [2.75, 3.05) is 11.9 Å². The van der Waals surface area contributed by atoms with Gasteiger partial charge >= 0.3 is 0 Å². The van der Waals surface area contributed by atoms with Crippen molar-refractivity contribution in [1.29, 1.82) is 0 Å². The third kappa shape index (κ3) is 3.30. The van der Waals surface area contributed by atoms with E-state index in [-0.39, 0.29) is 11.9 Å². The highest BCUT2D eigenvalue weighted by Gasteiger charge is 2.20. The van der Waals surface area contributed by atoms with E-state index in [9.17, 15) is 4.79 Å². The predicted octanol–water partition coefficient (Wildman–Crippen LogP) is 2.84. The zero-order chi connectivity index (χ0) is 12.3. The van der Waals surface area contributed by atoms with Crippen molar-refractivity contribution < 1.29 is 4.79 Å². The molecule has 3 nitrogen and oxygen atoms in total. The van der Waals surface area contributed by atoms with Crippen LogP contribution in [0.4, 0.5) is 5.69 Å². The molecule has 0 radical (unpaired) electrons. The number of piperidine rings is 1. The zero-order valence-electron chi connectivity index (χ0n) is 9.92. The molecule has 1 fully saturated rings. The average Bonchev–Trinajstić information content (AvgIpc) is 2.35. The van der Waals surface area contributed by atoms with E-state index in [2.05, 4.69) is 26.6 Å². The average molecular weight is 297 g/mol. The van der Waals surface area contributed by atoms with E-state index in [1.807, 2.05) is 25.1 Å². The molecule has 92 valence electrons. The molecule has 2 N–H and O–H groups in total. The number of carbonyl (C=O) groups is 1. The van der Waals surface area contributed by atoms with Gasteiger partial charge in [-0.05, 0) is 59.9 Å². The first-order valence-corrected chi connectivity index (χ1v) is 6.76. The van der Waals surface area contributed by atoms with Crippen LogP contribution in [0, 0.1) is 6.92 Å². The summed E-state index contributed by atoms with van der Waals surface area (Å²) in [6.45, 7) is 2.95. The fourth-order valence-corrected chi connectivity index (χ4v) is 2.38. The molecule has 0 aromatic heterocycles. The van der Waals surface area contributed by atoms with Gasteiger partial charge in [-0.25, -0.2) is 0 Å². The third-order valence-corrected chi connectivity index (χ3v) is 3.70. The minimum Gasteiger partial charge on any atom is -0.324 e. The fourth-order valence-electron chi connectivity index (χ4n) is 2.03. The summed E-state index contributed by atoms with van der Waals surface area (Å²) in [6.07, 6.45) is 3.22. The van der Waals surface area contributed by atoms with Gasteiger partial charge in [-0.15, -0.1) is 0 Å². The summed E-state index contributed by atoms with van der Waals surface area (Å²) in [5, 5.41) is 6.22. The number of halogens is 1. The number of benzene rings is 1. The molecule has 1 aliphatic heterocycles. The van der Waals surface area contributed by atoms with Crippen molar-refractivity contribution in [1.82, 2.24) is 5.32 Å². The Balaban J connectivity index is 2.04. The van der Waals surface area contributed by atoms with Gasteiger partial charge < -0.3 is 10.6 Å². The van der Waals surface area contributed by atoms with Crippen LogP contribution in [-0.4, -0.2) is 18.5 Å². The van der Waals surface area contributed by atoms with Crippen molar-refractivity contribution in [3.05, 3.63) is 28.2 Å². The highest BCUT2D eigenvalue weighted by Crippen LogP contribution is 2.23. The van der Waals surface area contributed by atoms with Crippen LogP contribution in [0.1, 0.15) is 24.8 Å². The number of amides is 1. The van der Waals surface area contributed by atoms with Crippen molar-refractivity contribution in [2.45, 2.75) is 32.2 Å². The standard InChI is InChI=1S/C13H17BrN2O/c1-9-5-6-10(14)12(8-9)16-13(17)11-4-2-3-7-15-11/h5-6,8,11,15H,2-4,7H2,1H3,(H,16,17)/t11-/m1/s1. The van der Waals surface area contributed by atoms with Crippen LogP contribution < -0.4 is 10.6 Å². The molecule has 1 amide bonds. The molecular formula is C13H17BrN2O. The monoisotopic (exact) mass is 296 g/mol. The van der Waals surface area contributed by atoms with Gasteiger partial charge in [-0.3, -0.25) is 4.79 Å². The van der Waals surface area contributed by atoms with Crippen molar-refractivity contribution in [2.24, 2.45) is 0 Å². The molecular weight excluding hydrogens is 280 g/mol. The second-order valence-corrected chi connectivity index (χ2v) is 5.33. The normalized spacial score (nSPS) is 20.0. The van der Waals surface area contributed by atoms with Gasteiger partial charge in [0.05, 0.1) is 11.7 Å². The number of anilines is 1. The van der Waals surface area contributed by atoms with Crippen LogP contribution in [0.2, 0.25) is 0 Å². The Hall–Kier alpha value is -0.870. The Bertz CT molecular complexity index is 414. The van der Waals surface area contributed by atoms with E-state index >= 15 is 0 Å². The van der Waals surface area contributed by atoms with Gasteiger partial charge in [0.2, 0.25) is 5.91 Å². The van der Waals surface area contributed by atoms with E-state index < -0.39 is 0 Å². The maximum absolute atomic E-state index is 12.0. The summed E-state index contributed by atoms with van der Waals surface area (Å²) in [5.74, 6) is 0.0657. The topological polar surface area (TPSA) is 41.1 Å². The van der Waals surface area contributed by atoms with Gasteiger partial charge in [0, 0.05) is 4.47 Å². The number of aryl methyl sites for hydroxylation is 1. The Labute approximate surface area is 110 Å². The minimum atomic E-state index is -0.0452. The lowest BCUT2D eigenvalue weighted by atomic mass is 10.0. The molecule has 1 aromatic carbocycles. The summed E-state index contributed by atoms with van der Waals surface area (Å²) in [4.78, 5) is 12.0. The third-order valence-electron chi connectivity index (χ3n) is 3.01. The van der Waals surface area contributed by atoms with Gasteiger partial charge in [-0.1, -0.05) is 12.5 Å². The number of rotatable bonds is 2. The molecule has 4 heteroatoms. The summed E-state index contributed by atoms with van der Waals surface area (Å²) in [5.41, 5.74) is 1.99. The van der Waals surface area contributed by atoms with E-state index in [0.29, 0.717) is 0 Å². The quantitative estimate of drug-likeness (QED) is 0.881. The molecule has 2 rings (SSSR count). The van der Waals surface area contributed by atoms with Crippen LogP contribution in [0.25, 0.3) is 0 Å². The van der Waals surface area contributed by atoms with Crippen LogP contribution in [0.15, 0.2) is 22.7 Å². The van der Waals surface area contributed by atoms with Crippen molar-refractivity contribution in [3.8, 4) is 0 Å². The Morgan fingerprint density at radius 3 is 3.00 bits per heavy atom. The van der Waals surface area contributed by atoms with E-state index in [4.69, 9.17) is 0 Å². The second kappa shape index (κ2) is 5.65. The minimum absolute atomic E-state index is 0.0452. The van der Waals surface area contributed by atoms with E-state index in [1.165, 1.54) is 0 Å². The fraction of sp³-hybridized carbons (Fsp3) is 0.462. The summed E-state index contributed by atoms with van der Waals surface area (Å²) in [6, 6.07) is 5.90. The van der Waals surface area contributed by atoms with Crippen molar-refractivity contribution in [3.63, 3.8) is 0 Å². The molecule has 1 aromatic rings. The van der Waals surface area contributed by atoms with Crippen LogP contribution >= 0.6 is 15.9 Å². The van der Waals surface area contributed by atoms with E-state index in [1.54, 1.807) is 0 Å². The molecule has 1 aliphatic rings. The maximum atomic E-state index is 12.0. The SMILES string of the molecule is Cc1ccc(Br)c(NC(=O)[C@H]2CCCCN2)c1. The summed E-state index contributed by atoms with van der Waals surface area (Å²) < 4.78 is 0.923. The number of nitrogens with one attached hydrogen (secondary N) is 2. The Kier molecular flexibility index (Phi) is 4.18. The first-order valence-electron chi connectivity index (χ1n) is 5.97. The molecule has 1 saturated heterocycles. The first kappa shape index (κ1) is 12.6. The predicted molar refractivity (Wildman–Crippen MR) is 73.2 cm³/mol. The van der Waals surface area contributed by atoms with E-state index in [0.717, 1.165) is 41.5 Å². The Morgan fingerprint density at radius 2 is 2.29 bits per heavy atom. The van der Waals surface area contributed by atoms with Gasteiger partial charge in [0.1, 0.15) is 0 Å². The van der Waals surface area contributed by atoms with Crippen molar-refractivity contribution >= 4 is 27.5 Å². The van der Waals surface area contributed by atoms with Gasteiger partial charge in [-0.2, -0.15) is 0 Å². The number of hydrogen-bond donors (Lipinski definition) is 2. The molecule has 0 saturated carbocycles. The molecule has 17 heavy (non-hydrogen) atoms. The summed E-state index contributed by atoms with van der Waals surface area (Å²) >= 11 is 3.45. The molecule has 0 spiro atoms. The van der Waals surface area contributed by atoms with Gasteiger partial charge in [0.25, 0.3) is 0 Å².